The van der Waals surface area contributed by atoms with Gasteiger partial charge in [0.25, 0.3) is 0 Å². The molecule has 0 bridgehead atoms. The van der Waals surface area contributed by atoms with Crippen LogP contribution in [0.1, 0.15) is 13.8 Å². The van der Waals surface area contributed by atoms with Gasteiger partial charge in [-0.2, -0.15) is 0 Å². The number of hydrogen-bond donors (Lipinski definition) is 3. The normalized spacial score (nSPS) is 10.9. The summed E-state index contributed by atoms with van der Waals surface area (Å²) >= 11 is 11.6. The summed E-state index contributed by atoms with van der Waals surface area (Å²) in [6.07, 6.45) is 0. The van der Waals surface area contributed by atoms with E-state index in [1.54, 1.807) is 6.07 Å². The molecule has 7 heteroatoms. The molecule has 1 aromatic carbocycles. The standard InChI is InChI=1S/C11H12Cl2N2O3/c1-11(2,9(16)17)15-10(18)14-8-4-3-6(12)5-7(8)13/h3-5H,1-2H3,(H,16,17)(H2,14,15,18). The van der Waals surface area contributed by atoms with Crippen molar-refractivity contribution in [3.8, 4) is 0 Å². The van der Waals surface area contributed by atoms with Crippen molar-refractivity contribution in [2.75, 3.05) is 5.32 Å². The zero-order valence-corrected chi connectivity index (χ0v) is 11.3. The molecule has 0 unspecified atom stereocenters. The summed E-state index contributed by atoms with van der Waals surface area (Å²) in [7, 11) is 0. The molecule has 18 heavy (non-hydrogen) atoms. The SMILES string of the molecule is CC(C)(NC(=O)Nc1ccc(Cl)cc1Cl)C(=O)O. The number of nitrogens with one attached hydrogen (secondary N) is 2. The minimum Gasteiger partial charge on any atom is -0.480 e. The minimum absolute atomic E-state index is 0.269. The molecule has 0 aromatic heterocycles. The molecular formula is C11H12Cl2N2O3. The van der Waals surface area contributed by atoms with Crippen LogP contribution in [0.3, 0.4) is 0 Å². The Kier molecular flexibility index (Phi) is 4.43. The molecule has 5 nitrogen and oxygen atoms in total. The number of anilines is 1. The highest BCUT2D eigenvalue weighted by atomic mass is 35.5. The quantitative estimate of drug-likeness (QED) is 0.801. The van der Waals surface area contributed by atoms with E-state index in [1.165, 1.54) is 26.0 Å². The van der Waals surface area contributed by atoms with E-state index in [0.717, 1.165) is 0 Å². The molecule has 0 heterocycles. The smallest absolute Gasteiger partial charge is 0.328 e. The zero-order chi connectivity index (χ0) is 13.9. The number of halogens is 2. The summed E-state index contributed by atoms with van der Waals surface area (Å²) in [6.45, 7) is 2.75. The first kappa shape index (κ1) is 14.6. The van der Waals surface area contributed by atoms with Gasteiger partial charge in [0, 0.05) is 5.02 Å². The average molecular weight is 291 g/mol. The fourth-order valence-corrected chi connectivity index (χ4v) is 1.54. The van der Waals surface area contributed by atoms with Gasteiger partial charge in [0.05, 0.1) is 10.7 Å². The third-order valence-electron chi connectivity index (χ3n) is 2.14. The molecule has 1 aromatic rings. The Morgan fingerprint density at radius 1 is 1.28 bits per heavy atom. The Morgan fingerprint density at radius 3 is 2.39 bits per heavy atom. The maximum absolute atomic E-state index is 11.6. The first-order chi connectivity index (χ1) is 8.22. The van der Waals surface area contributed by atoms with Crippen LogP contribution >= 0.6 is 23.2 Å². The molecule has 0 radical (unpaired) electrons. The number of carboxylic acid groups (broad SMARTS) is 1. The number of rotatable bonds is 3. The molecule has 98 valence electrons. The minimum atomic E-state index is -1.37. The van der Waals surface area contributed by atoms with Gasteiger partial charge in [-0.15, -0.1) is 0 Å². The number of carboxylic acids is 1. The van der Waals surface area contributed by atoms with Crippen molar-refractivity contribution < 1.29 is 14.7 Å². The van der Waals surface area contributed by atoms with Crippen molar-refractivity contribution in [2.24, 2.45) is 0 Å². The van der Waals surface area contributed by atoms with Gasteiger partial charge < -0.3 is 15.7 Å². The van der Waals surface area contributed by atoms with Gasteiger partial charge >= 0.3 is 12.0 Å². The fraction of sp³-hybridized carbons (Fsp3) is 0.273. The Bertz CT molecular complexity index is 489. The molecule has 0 spiro atoms. The number of amides is 2. The Morgan fingerprint density at radius 2 is 1.89 bits per heavy atom. The van der Waals surface area contributed by atoms with Crippen LogP contribution in [0.2, 0.25) is 10.0 Å². The molecule has 2 amide bonds. The van der Waals surface area contributed by atoms with E-state index in [9.17, 15) is 9.59 Å². The molecule has 3 N–H and O–H groups in total. The van der Waals surface area contributed by atoms with Gasteiger partial charge in [0.2, 0.25) is 0 Å². The summed E-state index contributed by atoms with van der Waals surface area (Å²) in [5.74, 6) is -1.14. The maximum Gasteiger partial charge on any atom is 0.328 e. The largest absolute Gasteiger partial charge is 0.480 e. The summed E-state index contributed by atoms with van der Waals surface area (Å²) in [4.78, 5) is 22.4. The van der Waals surface area contributed by atoms with E-state index in [-0.39, 0.29) is 5.02 Å². The zero-order valence-electron chi connectivity index (χ0n) is 9.75. The van der Waals surface area contributed by atoms with E-state index in [2.05, 4.69) is 10.6 Å². The molecule has 0 aliphatic carbocycles. The highest BCUT2D eigenvalue weighted by Crippen LogP contribution is 2.25. The number of carbonyl (C=O) groups is 2. The third-order valence-corrected chi connectivity index (χ3v) is 2.69. The van der Waals surface area contributed by atoms with E-state index in [4.69, 9.17) is 28.3 Å². The number of hydrogen-bond acceptors (Lipinski definition) is 2. The van der Waals surface area contributed by atoms with Gasteiger partial charge in [-0.25, -0.2) is 9.59 Å². The number of carbonyl (C=O) groups excluding carboxylic acids is 1. The summed E-state index contributed by atoms with van der Waals surface area (Å²) in [5.41, 5.74) is -1.03. The number of urea groups is 1. The van der Waals surface area contributed by atoms with Gasteiger partial charge in [-0.05, 0) is 32.0 Å². The van der Waals surface area contributed by atoms with Crippen molar-refractivity contribution in [3.63, 3.8) is 0 Å². The highest BCUT2D eigenvalue weighted by molar-refractivity contribution is 6.36. The topological polar surface area (TPSA) is 78.4 Å². The van der Waals surface area contributed by atoms with Crippen LogP contribution in [0, 0.1) is 0 Å². The molecule has 1 rings (SSSR count). The van der Waals surface area contributed by atoms with Gasteiger partial charge in [-0.1, -0.05) is 23.2 Å². The average Bonchev–Trinajstić information content (AvgIpc) is 2.21. The molecule has 0 aliphatic rings. The summed E-state index contributed by atoms with van der Waals surface area (Å²) in [5, 5.41) is 14.3. The van der Waals surface area contributed by atoms with Crippen LogP contribution in [-0.4, -0.2) is 22.6 Å². The van der Waals surface area contributed by atoms with Gasteiger partial charge in [0.1, 0.15) is 5.54 Å². The third kappa shape index (κ3) is 3.78. The lowest BCUT2D eigenvalue weighted by molar-refractivity contribution is -0.142. The molecule has 0 saturated carbocycles. The van der Waals surface area contributed by atoms with Crippen LogP contribution in [0.15, 0.2) is 18.2 Å². The Labute approximate surface area is 114 Å². The van der Waals surface area contributed by atoms with Crippen molar-refractivity contribution in [1.29, 1.82) is 0 Å². The van der Waals surface area contributed by atoms with Crippen LogP contribution in [0.25, 0.3) is 0 Å². The lowest BCUT2D eigenvalue weighted by Gasteiger charge is -2.21. The lowest BCUT2D eigenvalue weighted by Crippen LogP contribution is -2.51. The fourth-order valence-electron chi connectivity index (χ4n) is 1.08. The van der Waals surface area contributed by atoms with Crippen molar-refractivity contribution >= 4 is 40.9 Å². The monoisotopic (exact) mass is 290 g/mol. The number of benzene rings is 1. The van der Waals surface area contributed by atoms with E-state index < -0.39 is 17.5 Å². The predicted octanol–water partition coefficient (Wildman–Crippen LogP) is 2.98. The molecule has 0 atom stereocenters. The number of aliphatic carboxylic acids is 1. The second-order valence-corrected chi connectivity index (χ2v) is 4.98. The molecule has 0 fully saturated rings. The molecule has 0 aliphatic heterocycles. The van der Waals surface area contributed by atoms with Crippen molar-refractivity contribution in [3.05, 3.63) is 28.2 Å². The summed E-state index contributed by atoms with van der Waals surface area (Å²) in [6, 6.07) is 3.90. The van der Waals surface area contributed by atoms with Gasteiger partial charge in [-0.3, -0.25) is 0 Å². The van der Waals surface area contributed by atoms with Crippen LogP contribution in [-0.2, 0) is 4.79 Å². The Hall–Kier alpha value is -1.46. The van der Waals surface area contributed by atoms with Crippen LogP contribution in [0.5, 0.6) is 0 Å². The second kappa shape index (κ2) is 5.46. The van der Waals surface area contributed by atoms with E-state index >= 15 is 0 Å². The second-order valence-electron chi connectivity index (χ2n) is 4.13. The lowest BCUT2D eigenvalue weighted by atomic mass is 10.1. The highest BCUT2D eigenvalue weighted by Gasteiger charge is 2.29. The first-order valence-corrected chi connectivity index (χ1v) is 5.75. The first-order valence-electron chi connectivity index (χ1n) is 5.00. The van der Waals surface area contributed by atoms with Crippen LogP contribution in [0.4, 0.5) is 10.5 Å². The maximum atomic E-state index is 11.6. The Balaban J connectivity index is 2.74. The van der Waals surface area contributed by atoms with Crippen molar-refractivity contribution in [1.82, 2.24) is 5.32 Å². The van der Waals surface area contributed by atoms with Crippen LogP contribution < -0.4 is 10.6 Å². The van der Waals surface area contributed by atoms with Crippen molar-refractivity contribution in [2.45, 2.75) is 19.4 Å². The van der Waals surface area contributed by atoms with Gasteiger partial charge in [0.15, 0.2) is 0 Å². The molecule has 0 saturated heterocycles. The molecular weight excluding hydrogens is 279 g/mol. The predicted molar refractivity (Wildman–Crippen MR) is 70.3 cm³/mol. The van der Waals surface area contributed by atoms with E-state index in [1.807, 2.05) is 0 Å². The summed E-state index contributed by atoms with van der Waals surface area (Å²) < 4.78 is 0. The van der Waals surface area contributed by atoms with E-state index in [0.29, 0.717) is 10.7 Å².